The molecule has 2 aromatic heterocycles. The fraction of sp³-hybridized carbons (Fsp3) is 0.0833. The molecule has 0 saturated heterocycles. The quantitative estimate of drug-likeness (QED) is 0.549. The Morgan fingerprint density at radius 2 is 1.81 bits per heavy atom. The predicted octanol–water partition coefficient (Wildman–Crippen LogP) is 4.34. The van der Waals surface area contributed by atoms with Gasteiger partial charge in [-0.15, -0.1) is 0 Å². The molecule has 0 saturated carbocycles. The summed E-state index contributed by atoms with van der Waals surface area (Å²) in [5.41, 5.74) is -0.470. The fourth-order valence-electron chi connectivity index (χ4n) is 1.96. The maximum Gasteiger partial charge on any atom is 0.417 e. The van der Waals surface area contributed by atoms with E-state index in [0.717, 1.165) is 6.07 Å². The molecule has 0 fully saturated rings. The molecule has 0 spiro atoms. The van der Waals surface area contributed by atoms with Crippen LogP contribution in [0.4, 0.5) is 13.2 Å². The van der Waals surface area contributed by atoms with Gasteiger partial charge in [-0.3, -0.25) is 0 Å². The van der Waals surface area contributed by atoms with Gasteiger partial charge >= 0.3 is 6.18 Å². The molecular formula is C12H5Br2F3N4. The summed E-state index contributed by atoms with van der Waals surface area (Å²) < 4.78 is 41.4. The third kappa shape index (κ3) is 2.44. The Morgan fingerprint density at radius 3 is 2.52 bits per heavy atom. The number of hydrogen-bond donors (Lipinski definition) is 0. The number of halogens is 5. The predicted molar refractivity (Wildman–Crippen MR) is 76.6 cm³/mol. The molecule has 4 nitrogen and oxygen atoms in total. The summed E-state index contributed by atoms with van der Waals surface area (Å²) in [7, 11) is 0. The highest BCUT2D eigenvalue weighted by Gasteiger charge is 2.34. The van der Waals surface area contributed by atoms with E-state index in [1.807, 2.05) is 0 Å². The van der Waals surface area contributed by atoms with E-state index >= 15 is 0 Å². The minimum absolute atomic E-state index is 0.00801. The minimum atomic E-state index is -4.47. The first kappa shape index (κ1) is 14.5. The Bertz CT molecular complexity index is 829. The van der Waals surface area contributed by atoms with E-state index < -0.39 is 11.7 Å². The molecule has 0 unspecified atom stereocenters. The van der Waals surface area contributed by atoms with E-state index in [4.69, 9.17) is 0 Å². The lowest BCUT2D eigenvalue weighted by atomic mass is 10.0. The number of rotatable bonds is 1. The first-order valence-corrected chi connectivity index (χ1v) is 7.19. The SMILES string of the molecule is FC(F)(F)c1ccccc1-c1c(Br)nc2ncnn2c1Br. The van der Waals surface area contributed by atoms with Crippen LogP contribution in [0.5, 0.6) is 0 Å². The van der Waals surface area contributed by atoms with Gasteiger partial charge < -0.3 is 0 Å². The zero-order valence-corrected chi connectivity index (χ0v) is 13.2. The van der Waals surface area contributed by atoms with Crippen LogP contribution in [0.1, 0.15) is 5.56 Å². The maximum absolute atomic E-state index is 13.2. The van der Waals surface area contributed by atoms with Crippen molar-refractivity contribution in [2.75, 3.05) is 0 Å². The van der Waals surface area contributed by atoms with Crippen molar-refractivity contribution < 1.29 is 13.2 Å². The summed E-state index contributed by atoms with van der Waals surface area (Å²) in [6.07, 6.45) is -3.19. The standard InChI is InChI=1S/C12H5Br2F3N4/c13-9-8(10(14)21-11(20-9)18-5-19-21)6-3-1-2-4-7(6)12(15,16)17/h1-5H. The van der Waals surface area contributed by atoms with Gasteiger partial charge in [-0.05, 0) is 43.5 Å². The molecule has 0 N–H and O–H groups in total. The topological polar surface area (TPSA) is 43.1 Å². The van der Waals surface area contributed by atoms with E-state index in [1.165, 1.54) is 29.0 Å². The van der Waals surface area contributed by atoms with Crippen LogP contribution in [0.2, 0.25) is 0 Å². The second kappa shape index (κ2) is 5.06. The minimum Gasteiger partial charge on any atom is -0.203 e. The zero-order valence-electron chi connectivity index (χ0n) is 10.1. The average Bonchev–Trinajstić information content (AvgIpc) is 2.86. The highest BCUT2D eigenvalue weighted by atomic mass is 79.9. The number of alkyl halides is 3. The summed E-state index contributed by atoms with van der Waals surface area (Å²) in [5.74, 6) is 0.280. The molecule has 2 heterocycles. The van der Waals surface area contributed by atoms with Crippen molar-refractivity contribution in [1.82, 2.24) is 19.6 Å². The zero-order chi connectivity index (χ0) is 15.2. The van der Waals surface area contributed by atoms with Gasteiger partial charge in [0.2, 0.25) is 0 Å². The lowest BCUT2D eigenvalue weighted by Gasteiger charge is -2.15. The highest BCUT2D eigenvalue weighted by molar-refractivity contribution is 9.11. The second-order valence-corrected chi connectivity index (χ2v) is 5.59. The lowest BCUT2D eigenvalue weighted by Crippen LogP contribution is -2.08. The number of hydrogen-bond acceptors (Lipinski definition) is 3. The Hall–Kier alpha value is -1.48. The Kier molecular flexibility index (Phi) is 3.48. The van der Waals surface area contributed by atoms with Crippen molar-refractivity contribution in [2.24, 2.45) is 0 Å². The van der Waals surface area contributed by atoms with Crippen LogP contribution >= 0.6 is 31.9 Å². The van der Waals surface area contributed by atoms with Crippen molar-refractivity contribution in [2.45, 2.75) is 6.18 Å². The van der Waals surface area contributed by atoms with Gasteiger partial charge in [0.05, 0.1) is 5.56 Å². The summed E-state index contributed by atoms with van der Waals surface area (Å²) >= 11 is 6.47. The van der Waals surface area contributed by atoms with Crippen LogP contribution in [0.3, 0.4) is 0 Å². The molecule has 0 aliphatic carbocycles. The third-order valence-electron chi connectivity index (χ3n) is 2.83. The second-order valence-electron chi connectivity index (χ2n) is 4.08. The number of nitrogens with zero attached hydrogens (tertiary/aromatic N) is 4. The van der Waals surface area contributed by atoms with Gasteiger partial charge in [0.15, 0.2) is 0 Å². The van der Waals surface area contributed by atoms with E-state index in [0.29, 0.717) is 4.60 Å². The molecule has 9 heteroatoms. The Morgan fingerprint density at radius 1 is 1.10 bits per heavy atom. The number of benzene rings is 1. The molecule has 0 radical (unpaired) electrons. The smallest absolute Gasteiger partial charge is 0.203 e. The van der Waals surface area contributed by atoms with Crippen LogP contribution in [-0.2, 0) is 6.18 Å². The molecule has 0 bridgehead atoms. The third-order valence-corrected chi connectivity index (χ3v) is 4.13. The molecule has 0 amide bonds. The molecule has 21 heavy (non-hydrogen) atoms. The van der Waals surface area contributed by atoms with Crippen LogP contribution in [0, 0.1) is 0 Å². The van der Waals surface area contributed by atoms with Gasteiger partial charge in [-0.1, -0.05) is 18.2 Å². The fourth-order valence-corrected chi connectivity index (χ4v) is 3.43. The summed E-state index contributed by atoms with van der Waals surface area (Å²) in [4.78, 5) is 8.01. The molecular weight excluding hydrogens is 417 g/mol. The average molecular weight is 422 g/mol. The maximum atomic E-state index is 13.2. The van der Waals surface area contributed by atoms with Gasteiger partial charge in [-0.2, -0.15) is 27.8 Å². The first-order valence-electron chi connectivity index (χ1n) is 5.61. The van der Waals surface area contributed by atoms with Crippen molar-refractivity contribution in [3.63, 3.8) is 0 Å². The highest BCUT2D eigenvalue weighted by Crippen LogP contribution is 2.41. The van der Waals surface area contributed by atoms with Gasteiger partial charge in [0.25, 0.3) is 5.78 Å². The van der Waals surface area contributed by atoms with E-state index in [1.54, 1.807) is 0 Å². The molecule has 108 valence electrons. The lowest BCUT2D eigenvalue weighted by molar-refractivity contribution is -0.137. The van der Waals surface area contributed by atoms with Crippen LogP contribution in [0.25, 0.3) is 16.9 Å². The summed E-state index contributed by atoms with van der Waals surface area (Å²) in [5, 5.41) is 3.93. The van der Waals surface area contributed by atoms with Crippen molar-refractivity contribution in [1.29, 1.82) is 0 Å². The molecule has 3 aromatic rings. The number of aromatic nitrogens is 4. The van der Waals surface area contributed by atoms with E-state index in [-0.39, 0.29) is 21.5 Å². The summed E-state index contributed by atoms with van der Waals surface area (Å²) in [6, 6.07) is 5.29. The van der Waals surface area contributed by atoms with Crippen LogP contribution in [-0.4, -0.2) is 19.6 Å². The van der Waals surface area contributed by atoms with Gasteiger partial charge in [0.1, 0.15) is 15.5 Å². The molecule has 0 aliphatic rings. The Labute approximate surface area is 133 Å². The number of fused-ring (bicyclic) bond motifs is 1. The molecule has 0 aliphatic heterocycles. The summed E-state index contributed by atoms with van der Waals surface area (Å²) in [6.45, 7) is 0. The van der Waals surface area contributed by atoms with E-state index in [2.05, 4.69) is 46.9 Å². The van der Waals surface area contributed by atoms with Crippen molar-refractivity contribution in [3.8, 4) is 11.1 Å². The normalized spacial score (nSPS) is 12.0. The molecule has 3 rings (SSSR count). The first-order chi connectivity index (χ1) is 9.89. The molecule has 1 aromatic carbocycles. The largest absolute Gasteiger partial charge is 0.417 e. The van der Waals surface area contributed by atoms with Gasteiger partial charge in [0, 0.05) is 5.56 Å². The monoisotopic (exact) mass is 420 g/mol. The van der Waals surface area contributed by atoms with Crippen molar-refractivity contribution in [3.05, 3.63) is 45.4 Å². The van der Waals surface area contributed by atoms with E-state index in [9.17, 15) is 13.2 Å². The Balaban J connectivity index is 2.36. The molecule has 0 atom stereocenters. The van der Waals surface area contributed by atoms with Crippen molar-refractivity contribution >= 4 is 37.6 Å². The van der Waals surface area contributed by atoms with Crippen LogP contribution in [0.15, 0.2) is 39.8 Å². The van der Waals surface area contributed by atoms with Crippen LogP contribution < -0.4 is 0 Å². The van der Waals surface area contributed by atoms with Gasteiger partial charge in [-0.25, -0.2) is 4.98 Å².